The third kappa shape index (κ3) is 1.99. The van der Waals surface area contributed by atoms with Crippen LogP contribution >= 0.6 is 12.4 Å². The summed E-state index contributed by atoms with van der Waals surface area (Å²) in [5.41, 5.74) is 4.14. The highest BCUT2D eigenvalue weighted by molar-refractivity contribution is 5.85. The van der Waals surface area contributed by atoms with E-state index in [-0.39, 0.29) is 18.0 Å². The summed E-state index contributed by atoms with van der Waals surface area (Å²) in [4.78, 5) is 0. The predicted molar refractivity (Wildman–Crippen MR) is 77.2 cm³/mol. The third-order valence-electron chi connectivity index (χ3n) is 4.08. The quantitative estimate of drug-likeness (QED) is 0.842. The van der Waals surface area contributed by atoms with Gasteiger partial charge in [-0.15, -0.1) is 12.4 Å². The van der Waals surface area contributed by atoms with Crippen molar-refractivity contribution in [3.05, 3.63) is 41.0 Å². The van der Waals surface area contributed by atoms with E-state index in [2.05, 4.69) is 49.5 Å². The average Bonchev–Trinajstić information content (AvgIpc) is 2.72. The molecule has 1 N–H and O–H groups in total. The molecular weight excluding hydrogens is 246 g/mol. The van der Waals surface area contributed by atoms with E-state index in [4.69, 9.17) is 4.74 Å². The molecule has 0 spiro atoms. The highest BCUT2D eigenvalue weighted by atomic mass is 35.5. The van der Waals surface area contributed by atoms with Crippen LogP contribution in [0.5, 0.6) is 0 Å². The van der Waals surface area contributed by atoms with Crippen molar-refractivity contribution in [1.82, 2.24) is 5.32 Å². The van der Waals surface area contributed by atoms with Gasteiger partial charge in [0.2, 0.25) is 0 Å². The van der Waals surface area contributed by atoms with Gasteiger partial charge in [-0.05, 0) is 30.5 Å². The van der Waals surface area contributed by atoms with Gasteiger partial charge < -0.3 is 10.1 Å². The molecule has 2 aliphatic rings. The van der Waals surface area contributed by atoms with Gasteiger partial charge >= 0.3 is 0 Å². The largest absolute Gasteiger partial charge is 0.369 e. The molecule has 2 atom stereocenters. The fourth-order valence-corrected chi connectivity index (χ4v) is 3.08. The lowest BCUT2D eigenvalue weighted by Crippen LogP contribution is -2.39. The van der Waals surface area contributed by atoms with Crippen LogP contribution in [-0.4, -0.2) is 18.7 Å². The maximum atomic E-state index is 6.11. The second-order valence-electron chi connectivity index (χ2n) is 5.20. The number of hydrogen-bond donors (Lipinski definition) is 1. The fourth-order valence-electron chi connectivity index (χ4n) is 3.08. The number of nitrogens with one attached hydrogen (secondary N) is 1. The van der Waals surface area contributed by atoms with E-state index in [1.165, 1.54) is 16.7 Å². The summed E-state index contributed by atoms with van der Waals surface area (Å²) >= 11 is 0. The average molecular weight is 266 g/mol. The SMILES string of the molecule is C/C=C\c1cccc2c1CO[C@@]1(C)CNC[C@@H]21.Cl. The molecule has 0 amide bonds. The van der Waals surface area contributed by atoms with Crippen molar-refractivity contribution in [3.8, 4) is 0 Å². The first kappa shape index (κ1) is 13.6. The summed E-state index contributed by atoms with van der Waals surface area (Å²) in [7, 11) is 0. The zero-order valence-electron chi connectivity index (χ0n) is 10.9. The van der Waals surface area contributed by atoms with Crippen LogP contribution < -0.4 is 5.32 Å². The highest BCUT2D eigenvalue weighted by Gasteiger charge is 2.44. The third-order valence-corrected chi connectivity index (χ3v) is 4.08. The summed E-state index contributed by atoms with van der Waals surface area (Å²) < 4.78 is 6.11. The number of fused-ring (bicyclic) bond motifs is 3. The van der Waals surface area contributed by atoms with Crippen LogP contribution in [0.4, 0.5) is 0 Å². The monoisotopic (exact) mass is 265 g/mol. The van der Waals surface area contributed by atoms with Crippen LogP contribution in [0.2, 0.25) is 0 Å². The van der Waals surface area contributed by atoms with E-state index in [1.807, 2.05) is 0 Å². The van der Waals surface area contributed by atoms with Gasteiger partial charge in [0.05, 0.1) is 12.2 Å². The minimum absolute atomic E-state index is 0. The summed E-state index contributed by atoms with van der Waals surface area (Å²) in [6.07, 6.45) is 4.27. The Hall–Kier alpha value is -0.830. The van der Waals surface area contributed by atoms with Crippen molar-refractivity contribution < 1.29 is 4.74 Å². The molecule has 1 saturated heterocycles. The molecule has 1 aromatic rings. The molecule has 0 bridgehead atoms. The van der Waals surface area contributed by atoms with Gasteiger partial charge in [0.25, 0.3) is 0 Å². The minimum atomic E-state index is -0.0123. The molecular formula is C15H20ClNO. The molecule has 0 aromatic heterocycles. The van der Waals surface area contributed by atoms with Crippen molar-refractivity contribution in [3.63, 3.8) is 0 Å². The molecule has 2 heterocycles. The lowest BCUT2D eigenvalue weighted by molar-refractivity contribution is -0.0518. The molecule has 2 nitrogen and oxygen atoms in total. The van der Waals surface area contributed by atoms with Crippen molar-refractivity contribution in [2.45, 2.75) is 32.0 Å². The summed E-state index contributed by atoms with van der Waals surface area (Å²) in [6, 6.07) is 6.60. The standard InChI is InChI=1S/C15H19NO.ClH/c1-3-5-11-6-4-7-12-13(11)9-17-15(2)10-16-8-14(12)15;/h3-7,14,16H,8-10H2,1-2H3;1H/b5-3-;/t14-,15-;/m0./s1. The normalized spacial score (nSPS) is 29.8. The van der Waals surface area contributed by atoms with Gasteiger partial charge in [-0.2, -0.15) is 0 Å². The number of hydrogen-bond acceptors (Lipinski definition) is 2. The van der Waals surface area contributed by atoms with Crippen molar-refractivity contribution >= 4 is 18.5 Å². The van der Waals surface area contributed by atoms with Gasteiger partial charge in [0, 0.05) is 19.0 Å². The topological polar surface area (TPSA) is 21.3 Å². The maximum absolute atomic E-state index is 6.11. The van der Waals surface area contributed by atoms with Crippen LogP contribution in [0.3, 0.4) is 0 Å². The van der Waals surface area contributed by atoms with Crippen molar-refractivity contribution in [1.29, 1.82) is 0 Å². The second kappa shape index (κ2) is 5.04. The summed E-state index contributed by atoms with van der Waals surface area (Å²) in [5, 5.41) is 3.45. The summed E-state index contributed by atoms with van der Waals surface area (Å²) in [5.74, 6) is 0.497. The molecule has 0 unspecified atom stereocenters. The van der Waals surface area contributed by atoms with Gasteiger partial charge in [-0.1, -0.05) is 30.4 Å². The number of rotatable bonds is 1. The number of ether oxygens (including phenoxy) is 1. The lowest BCUT2D eigenvalue weighted by atomic mass is 9.80. The van der Waals surface area contributed by atoms with Gasteiger partial charge in [-0.3, -0.25) is 0 Å². The zero-order chi connectivity index (χ0) is 11.9. The molecule has 2 aliphatic heterocycles. The summed E-state index contributed by atoms with van der Waals surface area (Å²) in [6.45, 7) is 7.02. The van der Waals surface area contributed by atoms with E-state index in [0.717, 1.165) is 19.7 Å². The Morgan fingerprint density at radius 3 is 3.06 bits per heavy atom. The zero-order valence-corrected chi connectivity index (χ0v) is 11.7. The predicted octanol–water partition coefficient (Wildman–Crippen LogP) is 3.12. The van der Waals surface area contributed by atoms with Crippen molar-refractivity contribution in [2.75, 3.05) is 13.1 Å². The first-order valence-corrected chi connectivity index (χ1v) is 6.34. The second-order valence-corrected chi connectivity index (χ2v) is 5.20. The highest BCUT2D eigenvalue weighted by Crippen LogP contribution is 2.42. The maximum Gasteiger partial charge on any atom is 0.0863 e. The van der Waals surface area contributed by atoms with Crippen LogP contribution in [0.1, 0.15) is 36.5 Å². The molecule has 3 heteroatoms. The van der Waals surface area contributed by atoms with Crippen LogP contribution in [0.25, 0.3) is 6.08 Å². The molecule has 1 fully saturated rings. The molecule has 98 valence electrons. The first-order valence-electron chi connectivity index (χ1n) is 6.34. The van der Waals surface area contributed by atoms with E-state index < -0.39 is 0 Å². The molecule has 18 heavy (non-hydrogen) atoms. The molecule has 1 aromatic carbocycles. The fraction of sp³-hybridized carbons (Fsp3) is 0.467. The van der Waals surface area contributed by atoms with E-state index in [9.17, 15) is 0 Å². The Morgan fingerprint density at radius 1 is 1.44 bits per heavy atom. The van der Waals surface area contributed by atoms with Crippen LogP contribution in [0.15, 0.2) is 24.3 Å². The molecule has 3 rings (SSSR count). The van der Waals surface area contributed by atoms with E-state index >= 15 is 0 Å². The van der Waals surface area contributed by atoms with E-state index in [0.29, 0.717) is 5.92 Å². The minimum Gasteiger partial charge on any atom is -0.369 e. The number of benzene rings is 1. The van der Waals surface area contributed by atoms with Crippen LogP contribution in [0, 0.1) is 0 Å². The Labute approximate surface area is 115 Å². The lowest BCUT2D eigenvalue weighted by Gasteiger charge is -2.37. The Bertz CT molecular complexity index is 472. The van der Waals surface area contributed by atoms with Gasteiger partial charge in [0.1, 0.15) is 0 Å². The van der Waals surface area contributed by atoms with Crippen molar-refractivity contribution in [2.24, 2.45) is 0 Å². The molecule has 0 radical (unpaired) electrons. The Kier molecular flexibility index (Phi) is 3.81. The molecule has 0 saturated carbocycles. The van der Waals surface area contributed by atoms with Crippen LogP contribution in [-0.2, 0) is 11.3 Å². The number of allylic oxidation sites excluding steroid dienone is 1. The Balaban J connectivity index is 0.00000120. The Morgan fingerprint density at radius 2 is 2.28 bits per heavy atom. The number of halogens is 1. The smallest absolute Gasteiger partial charge is 0.0863 e. The van der Waals surface area contributed by atoms with Gasteiger partial charge in [-0.25, -0.2) is 0 Å². The van der Waals surface area contributed by atoms with Gasteiger partial charge in [0.15, 0.2) is 0 Å². The molecule has 0 aliphatic carbocycles. The first-order chi connectivity index (χ1) is 8.24. The van der Waals surface area contributed by atoms with E-state index in [1.54, 1.807) is 0 Å².